The van der Waals surface area contributed by atoms with Gasteiger partial charge in [0, 0.05) is 41.2 Å². The van der Waals surface area contributed by atoms with Crippen LogP contribution in [0.1, 0.15) is 0 Å². The van der Waals surface area contributed by atoms with Gasteiger partial charge in [0.05, 0.1) is 5.69 Å². The molecule has 0 atom stereocenters. The summed E-state index contributed by atoms with van der Waals surface area (Å²) in [4.78, 5) is 6.31. The summed E-state index contributed by atoms with van der Waals surface area (Å²) in [5, 5.41) is 5.12. The Balaban J connectivity index is 1.14. The van der Waals surface area contributed by atoms with Crippen LogP contribution >= 0.6 is 22.7 Å². The molecule has 3 heterocycles. The highest BCUT2D eigenvalue weighted by Gasteiger charge is 2.14. The summed E-state index contributed by atoms with van der Waals surface area (Å²) < 4.78 is 3.94. The summed E-state index contributed by atoms with van der Waals surface area (Å²) >= 11 is 3.66. The highest BCUT2D eigenvalue weighted by Crippen LogP contribution is 2.42. The van der Waals surface area contributed by atoms with E-state index < -0.39 is 0 Å². The largest absolute Gasteiger partial charge is 0.237 e. The van der Waals surface area contributed by atoms with E-state index in [0.717, 1.165) is 16.1 Å². The fourth-order valence-electron chi connectivity index (χ4n) is 6.38. The minimum absolute atomic E-state index is 1.00. The van der Waals surface area contributed by atoms with Crippen LogP contribution in [0, 0.1) is 0 Å². The number of hydrogen-bond acceptors (Lipinski definition) is 3. The van der Waals surface area contributed by atoms with Crippen molar-refractivity contribution in [3.63, 3.8) is 0 Å². The molecule has 0 amide bonds. The van der Waals surface area contributed by atoms with E-state index >= 15 is 0 Å². The van der Waals surface area contributed by atoms with Crippen molar-refractivity contribution in [3.05, 3.63) is 152 Å². The van der Waals surface area contributed by atoms with Crippen LogP contribution in [-0.4, -0.2) is 4.98 Å². The zero-order chi connectivity index (χ0) is 29.0. The van der Waals surface area contributed by atoms with E-state index in [1.165, 1.54) is 69.0 Å². The number of fused-ring (bicyclic) bond motifs is 6. The number of thiophene rings is 2. The predicted molar refractivity (Wildman–Crippen MR) is 192 cm³/mol. The molecule has 3 heteroatoms. The van der Waals surface area contributed by atoms with Gasteiger partial charge in [-0.15, -0.1) is 22.7 Å². The quantitative estimate of drug-likeness (QED) is 0.197. The maximum atomic E-state index is 5.24. The van der Waals surface area contributed by atoms with Gasteiger partial charge in [-0.3, -0.25) is 0 Å². The number of pyridine rings is 1. The van der Waals surface area contributed by atoms with Crippen LogP contribution < -0.4 is 0 Å². The number of hydrogen-bond donors (Lipinski definition) is 0. The minimum Gasteiger partial charge on any atom is -0.237 e. The van der Waals surface area contributed by atoms with E-state index in [2.05, 4.69) is 152 Å². The zero-order valence-electron chi connectivity index (χ0n) is 23.7. The van der Waals surface area contributed by atoms with Crippen molar-refractivity contribution in [1.82, 2.24) is 4.98 Å². The third-order valence-electron chi connectivity index (χ3n) is 8.52. The van der Waals surface area contributed by atoms with Gasteiger partial charge in [-0.2, -0.15) is 0 Å². The summed E-state index contributed by atoms with van der Waals surface area (Å²) in [5.74, 6) is 0. The first-order valence-electron chi connectivity index (χ1n) is 14.8. The molecule has 206 valence electrons. The Kier molecular flexibility index (Phi) is 5.93. The topological polar surface area (TPSA) is 12.9 Å². The highest BCUT2D eigenvalue weighted by molar-refractivity contribution is 7.26. The molecule has 9 aromatic rings. The van der Waals surface area contributed by atoms with Crippen LogP contribution in [0.15, 0.2) is 152 Å². The maximum absolute atomic E-state index is 5.24. The lowest BCUT2D eigenvalue weighted by molar-refractivity contribution is 1.43. The van der Waals surface area contributed by atoms with Crippen LogP contribution in [0.5, 0.6) is 0 Å². The van der Waals surface area contributed by atoms with Gasteiger partial charge in [0.15, 0.2) is 0 Å². The SMILES string of the molecule is c1ccc(-c2cccc(-c3cccc4c3sc3nc(-c5cccc(-c6cccc7c6sc6ccccc67)c5)ccc34)c2)cc1. The molecular weight excluding hydrogens is 571 g/mol. The Bertz CT molecular complexity index is 2500. The zero-order valence-corrected chi connectivity index (χ0v) is 25.3. The van der Waals surface area contributed by atoms with Crippen molar-refractivity contribution in [2.45, 2.75) is 0 Å². The van der Waals surface area contributed by atoms with Crippen LogP contribution in [0.25, 0.3) is 85.1 Å². The van der Waals surface area contributed by atoms with E-state index in [9.17, 15) is 0 Å². The first-order chi connectivity index (χ1) is 21.8. The minimum atomic E-state index is 1.00. The predicted octanol–water partition coefficient (Wildman–Crippen LogP) is 12.5. The third kappa shape index (κ3) is 4.16. The molecule has 0 aliphatic rings. The molecule has 0 fully saturated rings. The van der Waals surface area contributed by atoms with E-state index in [-0.39, 0.29) is 0 Å². The molecule has 0 bridgehead atoms. The lowest BCUT2D eigenvalue weighted by Gasteiger charge is -2.07. The molecule has 44 heavy (non-hydrogen) atoms. The third-order valence-corrected chi connectivity index (χ3v) is 10.9. The monoisotopic (exact) mass is 595 g/mol. The van der Waals surface area contributed by atoms with E-state index in [1.807, 2.05) is 11.3 Å². The van der Waals surface area contributed by atoms with Crippen molar-refractivity contribution >= 4 is 63.1 Å². The standard InChI is InChI=1S/C41H25NS2/c1-2-10-26(11-3-1)27-12-6-13-28(24-27)32-18-9-20-35-36-22-23-37(42-41(36)44-40(32)35)30-15-7-14-29(25-30)31-17-8-19-34-33-16-4-5-21-38(33)43-39(31)34/h1-25H. The number of aromatic nitrogens is 1. The summed E-state index contributed by atoms with van der Waals surface area (Å²) in [6.45, 7) is 0. The summed E-state index contributed by atoms with van der Waals surface area (Å²) in [6.07, 6.45) is 0. The van der Waals surface area contributed by atoms with Gasteiger partial charge in [-0.05, 0) is 63.7 Å². The molecule has 0 saturated carbocycles. The van der Waals surface area contributed by atoms with Gasteiger partial charge in [0.25, 0.3) is 0 Å². The fraction of sp³-hybridized carbons (Fsp3) is 0. The van der Waals surface area contributed by atoms with Crippen LogP contribution in [0.2, 0.25) is 0 Å². The Morgan fingerprint density at radius 1 is 0.364 bits per heavy atom. The van der Waals surface area contributed by atoms with E-state index in [1.54, 1.807) is 11.3 Å². The van der Waals surface area contributed by atoms with Gasteiger partial charge in [-0.1, -0.05) is 121 Å². The molecule has 0 saturated heterocycles. The molecule has 9 rings (SSSR count). The lowest BCUT2D eigenvalue weighted by atomic mass is 9.98. The summed E-state index contributed by atoms with van der Waals surface area (Å²) in [6, 6.07) is 54.7. The molecule has 0 radical (unpaired) electrons. The lowest BCUT2D eigenvalue weighted by Crippen LogP contribution is -1.85. The summed E-state index contributed by atoms with van der Waals surface area (Å²) in [7, 11) is 0. The van der Waals surface area contributed by atoms with Gasteiger partial charge < -0.3 is 0 Å². The molecule has 3 aromatic heterocycles. The highest BCUT2D eigenvalue weighted by atomic mass is 32.1. The van der Waals surface area contributed by atoms with E-state index in [4.69, 9.17) is 4.98 Å². The van der Waals surface area contributed by atoms with Gasteiger partial charge in [0.1, 0.15) is 4.83 Å². The molecule has 0 aliphatic carbocycles. The van der Waals surface area contributed by atoms with Crippen LogP contribution in [-0.2, 0) is 0 Å². The number of rotatable bonds is 4. The van der Waals surface area contributed by atoms with Crippen molar-refractivity contribution in [1.29, 1.82) is 0 Å². The number of nitrogens with zero attached hydrogens (tertiary/aromatic N) is 1. The normalized spacial score (nSPS) is 11.6. The molecule has 1 nitrogen and oxygen atoms in total. The average molecular weight is 596 g/mol. The molecular formula is C41H25NS2. The molecule has 0 unspecified atom stereocenters. The van der Waals surface area contributed by atoms with Gasteiger partial charge >= 0.3 is 0 Å². The number of benzene rings is 6. The first kappa shape index (κ1) is 25.4. The Morgan fingerprint density at radius 2 is 0.932 bits per heavy atom. The second-order valence-corrected chi connectivity index (χ2v) is 13.2. The Hall–Kier alpha value is -5.09. The smallest absolute Gasteiger partial charge is 0.125 e. The van der Waals surface area contributed by atoms with Crippen molar-refractivity contribution in [2.75, 3.05) is 0 Å². The molecule has 0 N–H and O–H groups in total. The Labute approximate surface area is 263 Å². The fourth-order valence-corrected chi connectivity index (χ4v) is 8.83. The van der Waals surface area contributed by atoms with Gasteiger partial charge in [0.2, 0.25) is 0 Å². The molecule has 0 spiro atoms. The maximum Gasteiger partial charge on any atom is 0.125 e. The van der Waals surface area contributed by atoms with E-state index in [0.29, 0.717) is 0 Å². The average Bonchev–Trinajstić information content (AvgIpc) is 3.67. The van der Waals surface area contributed by atoms with Crippen molar-refractivity contribution in [3.8, 4) is 44.6 Å². The van der Waals surface area contributed by atoms with Crippen molar-refractivity contribution in [2.24, 2.45) is 0 Å². The first-order valence-corrected chi connectivity index (χ1v) is 16.4. The summed E-state index contributed by atoms with van der Waals surface area (Å²) in [5.41, 5.74) is 9.57. The van der Waals surface area contributed by atoms with Gasteiger partial charge in [-0.25, -0.2) is 4.98 Å². The second kappa shape index (κ2) is 10.3. The van der Waals surface area contributed by atoms with Crippen LogP contribution in [0.3, 0.4) is 0 Å². The molecule has 0 aliphatic heterocycles. The molecule has 6 aromatic carbocycles. The van der Waals surface area contributed by atoms with Crippen LogP contribution in [0.4, 0.5) is 0 Å². The second-order valence-electron chi connectivity index (χ2n) is 11.1. The Morgan fingerprint density at radius 3 is 1.73 bits per heavy atom. The van der Waals surface area contributed by atoms with Crippen molar-refractivity contribution < 1.29 is 0 Å².